The third kappa shape index (κ3) is 1.60. The number of hydrogen-bond donors (Lipinski definition) is 2. The number of phenolic OH excluding ortho intramolecular Hbond substituents is 2. The molecule has 0 saturated heterocycles. The SMILES string of the molecule is O=c1ccc2ccc(O)c(O)c2o1.[GeH4]. The van der Waals surface area contributed by atoms with E-state index in [1.165, 1.54) is 18.2 Å². The number of hydrogen-bond acceptors (Lipinski definition) is 4. The number of fused-ring (bicyclic) bond motifs is 1. The fourth-order valence-electron chi connectivity index (χ4n) is 1.11. The van der Waals surface area contributed by atoms with Crippen molar-refractivity contribution in [3.05, 3.63) is 34.7 Å². The Morgan fingerprint density at radius 3 is 2.43 bits per heavy atom. The topological polar surface area (TPSA) is 70.7 Å². The molecule has 0 fully saturated rings. The van der Waals surface area contributed by atoms with Crippen LogP contribution in [0.25, 0.3) is 11.0 Å². The normalized spacial score (nSPS) is 9.71. The maximum atomic E-state index is 10.8. The molecule has 0 unspecified atom stereocenters. The summed E-state index contributed by atoms with van der Waals surface area (Å²) in [5.41, 5.74) is -0.555. The van der Waals surface area contributed by atoms with E-state index in [4.69, 9.17) is 9.52 Å². The molecule has 0 amide bonds. The van der Waals surface area contributed by atoms with Crippen LogP contribution in [0.15, 0.2) is 33.5 Å². The van der Waals surface area contributed by atoms with Gasteiger partial charge >= 0.3 is 23.2 Å². The summed E-state index contributed by atoms with van der Waals surface area (Å²) in [6.07, 6.45) is 0. The van der Waals surface area contributed by atoms with E-state index in [1.54, 1.807) is 6.07 Å². The first-order valence-electron chi connectivity index (χ1n) is 3.63. The van der Waals surface area contributed by atoms with E-state index in [-0.39, 0.29) is 28.9 Å². The van der Waals surface area contributed by atoms with Gasteiger partial charge in [-0.2, -0.15) is 0 Å². The fraction of sp³-hybridized carbons (Fsp3) is 0. The van der Waals surface area contributed by atoms with Gasteiger partial charge in [0.15, 0.2) is 11.3 Å². The first kappa shape index (κ1) is 10.7. The van der Waals surface area contributed by atoms with E-state index in [9.17, 15) is 9.90 Å². The van der Waals surface area contributed by atoms with Crippen molar-refractivity contribution in [1.29, 1.82) is 0 Å². The van der Waals surface area contributed by atoms with Gasteiger partial charge in [0.05, 0.1) is 0 Å². The molecule has 2 rings (SSSR count). The first-order valence-corrected chi connectivity index (χ1v) is 3.63. The summed E-state index contributed by atoms with van der Waals surface area (Å²) >= 11 is 0. The second kappa shape index (κ2) is 3.75. The molecular formula is C9H10GeO4. The van der Waals surface area contributed by atoms with Crippen molar-refractivity contribution >= 4 is 28.6 Å². The molecule has 2 N–H and O–H groups in total. The van der Waals surface area contributed by atoms with Crippen molar-refractivity contribution in [2.75, 3.05) is 0 Å². The molecule has 1 aromatic carbocycles. The summed E-state index contributed by atoms with van der Waals surface area (Å²) in [5, 5.41) is 19.0. The first-order chi connectivity index (χ1) is 6.18. The molecule has 0 saturated carbocycles. The molecule has 0 spiro atoms. The Balaban J connectivity index is 0.000000980. The van der Waals surface area contributed by atoms with E-state index < -0.39 is 11.4 Å². The zero-order valence-electron chi connectivity index (χ0n) is 6.52. The summed E-state index contributed by atoms with van der Waals surface area (Å²) in [5.74, 6) is -0.711. The predicted molar refractivity (Wildman–Crippen MR) is 57.1 cm³/mol. The molecule has 0 radical (unpaired) electrons. The summed E-state index contributed by atoms with van der Waals surface area (Å²) < 4.78 is 4.71. The van der Waals surface area contributed by atoms with Crippen molar-refractivity contribution in [2.45, 2.75) is 0 Å². The Morgan fingerprint density at radius 1 is 1.07 bits per heavy atom. The summed E-state index contributed by atoms with van der Waals surface area (Å²) in [6.45, 7) is 0. The summed E-state index contributed by atoms with van der Waals surface area (Å²) in [6, 6.07) is 5.64. The van der Waals surface area contributed by atoms with Gasteiger partial charge < -0.3 is 14.6 Å². The van der Waals surface area contributed by atoms with Gasteiger partial charge in [-0.05, 0) is 18.2 Å². The van der Waals surface area contributed by atoms with Crippen LogP contribution >= 0.6 is 0 Å². The maximum absolute atomic E-state index is 10.8. The van der Waals surface area contributed by atoms with Gasteiger partial charge in [0.2, 0.25) is 5.75 Å². The minimum atomic E-state index is -0.562. The molecule has 0 aliphatic rings. The van der Waals surface area contributed by atoms with Crippen molar-refractivity contribution in [3.8, 4) is 11.5 Å². The van der Waals surface area contributed by atoms with Crippen LogP contribution in [-0.4, -0.2) is 27.8 Å². The van der Waals surface area contributed by atoms with Crippen LogP contribution in [0.5, 0.6) is 11.5 Å². The van der Waals surface area contributed by atoms with Gasteiger partial charge in [-0.1, -0.05) is 0 Å². The van der Waals surface area contributed by atoms with Crippen molar-refractivity contribution in [2.24, 2.45) is 0 Å². The van der Waals surface area contributed by atoms with Crippen LogP contribution in [-0.2, 0) is 0 Å². The molecule has 0 atom stereocenters. The van der Waals surface area contributed by atoms with Crippen LogP contribution in [0.3, 0.4) is 0 Å². The van der Waals surface area contributed by atoms with Crippen LogP contribution < -0.4 is 5.63 Å². The van der Waals surface area contributed by atoms with E-state index in [2.05, 4.69) is 0 Å². The Hall–Kier alpha value is -1.43. The number of phenols is 2. The molecule has 5 heteroatoms. The van der Waals surface area contributed by atoms with Gasteiger partial charge in [0.25, 0.3) is 0 Å². The average Bonchev–Trinajstić information content (AvgIpc) is 2.12. The summed E-state index contributed by atoms with van der Waals surface area (Å²) in [7, 11) is 0. The van der Waals surface area contributed by atoms with Gasteiger partial charge in [-0.25, -0.2) is 4.79 Å². The van der Waals surface area contributed by atoms with Crippen molar-refractivity contribution in [3.63, 3.8) is 0 Å². The molecule has 74 valence electrons. The van der Waals surface area contributed by atoms with Crippen LogP contribution in [0.4, 0.5) is 0 Å². The third-order valence-corrected chi connectivity index (χ3v) is 1.74. The van der Waals surface area contributed by atoms with Gasteiger partial charge in [0, 0.05) is 11.5 Å². The van der Waals surface area contributed by atoms with Gasteiger partial charge in [0.1, 0.15) is 0 Å². The number of rotatable bonds is 0. The van der Waals surface area contributed by atoms with E-state index in [1.807, 2.05) is 0 Å². The van der Waals surface area contributed by atoms with Gasteiger partial charge in [-0.15, -0.1) is 0 Å². The van der Waals surface area contributed by atoms with Crippen LogP contribution in [0.2, 0.25) is 0 Å². The zero-order valence-corrected chi connectivity index (χ0v) is 6.52. The van der Waals surface area contributed by atoms with E-state index in [0.717, 1.165) is 0 Å². The molecule has 0 aliphatic carbocycles. The fourth-order valence-corrected chi connectivity index (χ4v) is 1.11. The zero-order chi connectivity index (χ0) is 9.42. The van der Waals surface area contributed by atoms with Crippen molar-refractivity contribution in [1.82, 2.24) is 0 Å². The average molecular weight is 255 g/mol. The summed E-state index contributed by atoms with van der Waals surface area (Å²) in [4.78, 5) is 10.8. The molecule has 0 bridgehead atoms. The molecule has 1 aromatic heterocycles. The minimum absolute atomic E-state index is 0. The monoisotopic (exact) mass is 256 g/mol. The van der Waals surface area contributed by atoms with Crippen molar-refractivity contribution < 1.29 is 14.6 Å². The molecule has 1 heterocycles. The Morgan fingerprint density at radius 2 is 1.71 bits per heavy atom. The molecule has 2 aromatic rings. The van der Waals surface area contributed by atoms with Gasteiger partial charge in [-0.3, -0.25) is 0 Å². The molecule has 0 aliphatic heterocycles. The molecular weight excluding hydrogens is 245 g/mol. The Labute approximate surface area is 89.8 Å². The standard InChI is InChI=1S/C9H6O4.GeH4/c10-6-3-1-5-2-4-7(11)13-9(5)8(6)12;/h1-4,10,12H;1H4. The second-order valence-corrected chi connectivity index (χ2v) is 2.61. The van der Waals surface area contributed by atoms with Crippen LogP contribution in [0.1, 0.15) is 0 Å². The number of benzene rings is 1. The van der Waals surface area contributed by atoms with E-state index in [0.29, 0.717) is 5.39 Å². The quantitative estimate of drug-likeness (QED) is 0.387. The molecule has 4 nitrogen and oxygen atoms in total. The van der Waals surface area contributed by atoms with E-state index >= 15 is 0 Å². The Kier molecular flexibility index (Phi) is 2.85. The number of aromatic hydroxyl groups is 2. The third-order valence-electron chi connectivity index (χ3n) is 1.74. The molecule has 14 heavy (non-hydrogen) atoms. The van der Waals surface area contributed by atoms with Crippen LogP contribution in [0, 0.1) is 0 Å². The predicted octanol–water partition coefficient (Wildman–Crippen LogP) is -0.247. The Bertz CT molecular complexity index is 518. The second-order valence-electron chi connectivity index (χ2n) is 2.61.